The summed E-state index contributed by atoms with van der Waals surface area (Å²) in [7, 11) is -3.89. The number of fused-ring (bicyclic) bond motifs is 1. The molecule has 2 aromatic rings. The van der Waals surface area contributed by atoms with Crippen LogP contribution in [-0.2, 0) is 27.8 Å². The molecule has 116 valence electrons. The first-order valence-electron chi connectivity index (χ1n) is 6.74. The van der Waals surface area contributed by atoms with Crippen LogP contribution in [0.25, 0.3) is 0 Å². The third-order valence-electron chi connectivity index (χ3n) is 3.45. The maximum absolute atomic E-state index is 12.3. The SMILES string of the molecule is Cc1cncn1CC(=O)NS(=O)(=O)c1ccc2c(c1)CCO2. The molecule has 0 spiro atoms. The molecule has 1 aliphatic rings. The Kier molecular flexibility index (Phi) is 3.61. The van der Waals surface area contributed by atoms with Crippen molar-refractivity contribution in [1.29, 1.82) is 0 Å². The lowest BCUT2D eigenvalue weighted by Gasteiger charge is -2.09. The van der Waals surface area contributed by atoms with E-state index in [0.29, 0.717) is 18.8 Å². The number of amides is 1. The van der Waals surface area contributed by atoms with E-state index < -0.39 is 15.9 Å². The van der Waals surface area contributed by atoms with Gasteiger partial charge in [-0.05, 0) is 30.7 Å². The van der Waals surface area contributed by atoms with E-state index in [1.54, 1.807) is 29.8 Å². The lowest BCUT2D eigenvalue weighted by atomic mass is 10.2. The fraction of sp³-hybridized carbons (Fsp3) is 0.286. The molecule has 1 aromatic heterocycles. The van der Waals surface area contributed by atoms with Gasteiger partial charge in [-0.3, -0.25) is 4.79 Å². The van der Waals surface area contributed by atoms with E-state index in [4.69, 9.17) is 4.74 Å². The van der Waals surface area contributed by atoms with Gasteiger partial charge in [-0.15, -0.1) is 0 Å². The van der Waals surface area contributed by atoms with Crippen LogP contribution >= 0.6 is 0 Å². The smallest absolute Gasteiger partial charge is 0.264 e. The monoisotopic (exact) mass is 321 g/mol. The fourth-order valence-corrected chi connectivity index (χ4v) is 3.31. The molecule has 0 bridgehead atoms. The van der Waals surface area contributed by atoms with E-state index in [9.17, 15) is 13.2 Å². The zero-order valence-electron chi connectivity index (χ0n) is 11.9. The Bertz CT molecular complexity index is 826. The number of nitrogens with zero attached hydrogens (tertiary/aromatic N) is 2. The van der Waals surface area contributed by atoms with Crippen molar-refractivity contribution < 1.29 is 17.9 Å². The van der Waals surface area contributed by atoms with Gasteiger partial charge >= 0.3 is 0 Å². The predicted molar refractivity (Wildman–Crippen MR) is 77.9 cm³/mol. The summed E-state index contributed by atoms with van der Waals surface area (Å²) in [5.74, 6) is 0.0807. The maximum Gasteiger partial charge on any atom is 0.264 e. The van der Waals surface area contributed by atoms with Crippen LogP contribution in [-0.4, -0.2) is 30.5 Å². The number of rotatable bonds is 4. The summed E-state index contributed by atoms with van der Waals surface area (Å²) in [6.07, 6.45) is 3.75. The van der Waals surface area contributed by atoms with Gasteiger partial charge in [0.05, 0.1) is 17.8 Å². The van der Waals surface area contributed by atoms with Crippen LogP contribution in [0.1, 0.15) is 11.3 Å². The number of carbonyl (C=O) groups excluding carboxylic acids is 1. The molecule has 0 atom stereocenters. The normalized spacial score (nSPS) is 13.5. The Morgan fingerprint density at radius 3 is 3.00 bits per heavy atom. The molecule has 0 saturated carbocycles. The Labute approximate surface area is 128 Å². The second kappa shape index (κ2) is 5.45. The molecule has 1 aromatic carbocycles. The molecule has 0 aliphatic carbocycles. The Balaban J connectivity index is 1.76. The summed E-state index contributed by atoms with van der Waals surface area (Å²) in [5.41, 5.74) is 1.61. The van der Waals surface area contributed by atoms with E-state index in [0.717, 1.165) is 11.3 Å². The van der Waals surface area contributed by atoms with Gasteiger partial charge < -0.3 is 9.30 Å². The molecule has 0 radical (unpaired) electrons. The van der Waals surface area contributed by atoms with Crippen LogP contribution in [0.2, 0.25) is 0 Å². The van der Waals surface area contributed by atoms with Gasteiger partial charge in [-0.2, -0.15) is 0 Å². The van der Waals surface area contributed by atoms with E-state index in [1.807, 2.05) is 0 Å². The van der Waals surface area contributed by atoms with Crippen molar-refractivity contribution in [3.63, 3.8) is 0 Å². The van der Waals surface area contributed by atoms with E-state index in [-0.39, 0.29) is 11.4 Å². The van der Waals surface area contributed by atoms with E-state index >= 15 is 0 Å². The lowest BCUT2D eigenvalue weighted by molar-refractivity contribution is -0.119. The standard InChI is InChI=1S/C14H15N3O4S/c1-10-7-15-9-17(10)8-14(18)16-22(19,20)12-2-3-13-11(6-12)4-5-21-13/h2-3,6-7,9H,4-5,8H2,1H3,(H,16,18). The first-order chi connectivity index (χ1) is 10.5. The van der Waals surface area contributed by atoms with Crippen LogP contribution in [0.15, 0.2) is 35.6 Å². The number of aryl methyl sites for hydroxylation is 1. The second-order valence-electron chi connectivity index (χ2n) is 5.06. The number of carbonyl (C=O) groups is 1. The first kappa shape index (κ1) is 14.6. The first-order valence-corrected chi connectivity index (χ1v) is 8.22. The highest BCUT2D eigenvalue weighted by atomic mass is 32.2. The molecule has 1 N–H and O–H groups in total. The van der Waals surface area contributed by atoms with Gasteiger partial charge in [-0.1, -0.05) is 0 Å². The molecule has 2 heterocycles. The quantitative estimate of drug-likeness (QED) is 0.892. The molecular weight excluding hydrogens is 306 g/mol. The average Bonchev–Trinajstić information content (AvgIpc) is 3.06. The Morgan fingerprint density at radius 2 is 2.27 bits per heavy atom. The number of benzene rings is 1. The number of hydrogen-bond acceptors (Lipinski definition) is 5. The molecule has 8 heteroatoms. The highest BCUT2D eigenvalue weighted by Gasteiger charge is 2.21. The van der Waals surface area contributed by atoms with Crippen LogP contribution in [0.4, 0.5) is 0 Å². The number of imidazole rings is 1. The largest absolute Gasteiger partial charge is 0.493 e. The number of sulfonamides is 1. The number of aromatic nitrogens is 2. The van der Waals surface area contributed by atoms with Crippen molar-refractivity contribution in [2.75, 3.05) is 6.61 Å². The fourth-order valence-electron chi connectivity index (χ4n) is 2.28. The summed E-state index contributed by atoms with van der Waals surface area (Å²) < 4.78 is 33.5. The van der Waals surface area contributed by atoms with Gasteiger partial charge in [0.15, 0.2) is 0 Å². The van der Waals surface area contributed by atoms with Crippen molar-refractivity contribution >= 4 is 15.9 Å². The van der Waals surface area contributed by atoms with Crippen molar-refractivity contribution in [2.24, 2.45) is 0 Å². The predicted octanol–water partition coefficient (Wildman–Crippen LogP) is 0.632. The molecule has 0 saturated heterocycles. The molecule has 0 unspecified atom stereocenters. The highest BCUT2D eigenvalue weighted by molar-refractivity contribution is 7.90. The molecule has 1 amide bonds. The van der Waals surface area contributed by atoms with E-state index in [2.05, 4.69) is 9.71 Å². The molecule has 3 rings (SSSR count). The summed E-state index contributed by atoms with van der Waals surface area (Å²) >= 11 is 0. The summed E-state index contributed by atoms with van der Waals surface area (Å²) in [5, 5.41) is 0. The van der Waals surface area contributed by atoms with Crippen molar-refractivity contribution in [3.8, 4) is 5.75 Å². The van der Waals surface area contributed by atoms with Gasteiger partial charge in [0, 0.05) is 18.3 Å². The minimum atomic E-state index is -3.89. The molecule has 0 fully saturated rings. The summed E-state index contributed by atoms with van der Waals surface area (Å²) in [6.45, 7) is 2.24. The minimum absolute atomic E-state index is 0.0625. The minimum Gasteiger partial charge on any atom is -0.493 e. The molecule has 1 aliphatic heterocycles. The van der Waals surface area contributed by atoms with Crippen LogP contribution in [0.3, 0.4) is 0 Å². The Hall–Kier alpha value is -2.35. The summed E-state index contributed by atoms with van der Waals surface area (Å²) in [6, 6.07) is 4.59. The van der Waals surface area contributed by atoms with Crippen molar-refractivity contribution in [1.82, 2.24) is 14.3 Å². The van der Waals surface area contributed by atoms with Gasteiger partial charge in [0.25, 0.3) is 15.9 Å². The third-order valence-corrected chi connectivity index (χ3v) is 4.82. The van der Waals surface area contributed by atoms with Crippen LogP contribution in [0, 0.1) is 6.92 Å². The Morgan fingerprint density at radius 1 is 1.45 bits per heavy atom. The van der Waals surface area contributed by atoms with Crippen LogP contribution in [0.5, 0.6) is 5.75 Å². The molecule has 22 heavy (non-hydrogen) atoms. The van der Waals surface area contributed by atoms with E-state index in [1.165, 1.54) is 12.4 Å². The average molecular weight is 321 g/mol. The van der Waals surface area contributed by atoms with Crippen LogP contribution < -0.4 is 9.46 Å². The summed E-state index contributed by atoms with van der Waals surface area (Å²) in [4.78, 5) is 15.9. The highest BCUT2D eigenvalue weighted by Crippen LogP contribution is 2.27. The van der Waals surface area contributed by atoms with Crippen molar-refractivity contribution in [3.05, 3.63) is 42.0 Å². The van der Waals surface area contributed by atoms with Crippen molar-refractivity contribution in [2.45, 2.75) is 24.8 Å². The van der Waals surface area contributed by atoms with Gasteiger partial charge in [0.1, 0.15) is 12.3 Å². The zero-order valence-corrected chi connectivity index (χ0v) is 12.8. The van der Waals surface area contributed by atoms with Gasteiger partial charge in [-0.25, -0.2) is 18.1 Å². The number of nitrogens with one attached hydrogen (secondary N) is 1. The number of ether oxygens (including phenoxy) is 1. The zero-order chi connectivity index (χ0) is 15.7. The topological polar surface area (TPSA) is 90.3 Å². The third kappa shape index (κ3) is 2.82. The molecule has 7 nitrogen and oxygen atoms in total. The molecular formula is C14H15N3O4S. The maximum atomic E-state index is 12.3. The number of hydrogen-bond donors (Lipinski definition) is 1. The van der Waals surface area contributed by atoms with Gasteiger partial charge in [0.2, 0.25) is 0 Å². The second-order valence-corrected chi connectivity index (χ2v) is 6.74. The lowest BCUT2D eigenvalue weighted by Crippen LogP contribution is -2.33.